The van der Waals surface area contributed by atoms with Crippen LogP contribution in [0.15, 0.2) is 16.7 Å². The van der Waals surface area contributed by atoms with E-state index in [4.69, 9.17) is 0 Å². The van der Waals surface area contributed by atoms with E-state index in [9.17, 15) is 9.59 Å². The third-order valence-corrected chi connectivity index (χ3v) is 4.61. The molecule has 1 heterocycles. The molecule has 1 fully saturated rings. The van der Waals surface area contributed by atoms with Crippen LogP contribution in [0.4, 0.5) is 0 Å². The second-order valence-electron chi connectivity index (χ2n) is 5.33. The minimum atomic E-state index is -0.342. The normalized spacial score (nSPS) is 17.5. The van der Waals surface area contributed by atoms with E-state index in [1.165, 1.54) is 6.42 Å². The lowest BCUT2D eigenvalue weighted by Crippen LogP contribution is -2.50. The molecule has 110 valence electrons. The smallest absolute Gasteiger partial charge is 0.286 e. The van der Waals surface area contributed by atoms with Gasteiger partial charge in [0, 0.05) is 10.7 Å². The Hall–Kier alpha value is -1.30. The van der Waals surface area contributed by atoms with Gasteiger partial charge in [0.15, 0.2) is 0 Å². The second kappa shape index (κ2) is 6.43. The first kappa shape index (κ1) is 15.1. The summed E-state index contributed by atoms with van der Waals surface area (Å²) in [6, 6.07) is 1.66. The van der Waals surface area contributed by atoms with Crippen molar-refractivity contribution in [2.45, 2.75) is 45.4 Å². The molecule has 0 aliphatic heterocycles. The molecule has 1 aliphatic rings. The summed E-state index contributed by atoms with van der Waals surface area (Å²) in [6.07, 6.45) is 7.64. The summed E-state index contributed by atoms with van der Waals surface area (Å²) in [5.41, 5.74) is 5.15. The summed E-state index contributed by atoms with van der Waals surface area (Å²) < 4.78 is 0.797. The van der Waals surface area contributed by atoms with Crippen molar-refractivity contribution in [3.05, 3.63) is 22.4 Å². The van der Waals surface area contributed by atoms with Gasteiger partial charge in [-0.1, -0.05) is 26.2 Å². The number of amides is 2. The molecule has 1 saturated carbocycles. The van der Waals surface area contributed by atoms with Crippen LogP contribution in [0.3, 0.4) is 0 Å². The van der Waals surface area contributed by atoms with Crippen LogP contribution < -0.4 is 10.9 Å². The molecule has 0 atom stereocenters. The number of carbonyl (C=O) groups excluding carboxylic acids is 2. The lowest BCUT2D eigenvalue weighted by atomic mass is 9.71. The Bertz CT molecular complexity index is 492. The van der Waals surface area contributed by atoms with Crippen molar-refractivity contribution in [2.24, 2.45) is 5.41 Å². The van der Waals surface area contributed by atoms with Crippen molar-refractivity contribution < 1.29 is 9.59 Å². The zero-order chi connectivity index (χ0) is 14.6. The lowest BCUT2D eigenvalue weighted by Gasteiger charge is -2.34. The fourth-order valence-electron chi connectivity index (χ4n) is 2.78. The molecule has 0 bridgehead atoms. The van der Waals surface area contributed by atoms with Crippen molar-refractivity contribution in [1.82, 2.24) is 15.8 Å². The number of hydrogen-bond acceptors (Lipinski definition) is 2. The van der Waals surface area contributed by atoms with Gasteiger partial charge < -0.3 is 4.98 Å². The molecule has 0 saturated heterocycles. The average molecular weight is 342 g/mol. The Balaban J connectivity index is 1.92. The number of hydrogen-bond donors (Lipinski definition) is 3. The summed E-state index contributed by atoms with van der Waals surface area (Å²) >= 11 is 3.26. The molecule has 0 radical (unpaired) electrons. The quantitative estimate of drug-likeness (QED) is 0.739. The third kappa shape index (κ3) is 3.23. The van der Waals surface area contributed by atoms with Gasteiger partial charge in [0.25, 0.3) is 5.91 Å². The van der Waals surface area contributed by atoms with Crippen LogP contribution in [0.2, 0.25) is 0 Å². The van der Waals surface area contributed by atoms with Gasteiger partial charge in [-0.3, -0.25) is 20.4 Å². The van der Waals surface area contributed by atoms with Crippen LogP contribution in [0.25, 0.3) is 0 Å². The van der Waals surface area contributed by atoms with Gasteiger partial charge in [0.1, 0.15) is 5.69 Å². The fourth-order valence-corrected chi connectivity index (χ4v) is 3.13. The zero-order valence-corrected chi connectivity index (χ0v) is 13.2. The first-order valence-corrected chi connectivity index (χ1v) is 7.81. The molecule has 20 heavy (non-hydrogen) atoms. The van der Waals surface area contributed by atoms with E-state index in [1.54, 1.807) is 12.3 Å². The fraction of sp³-hybridized carbons (Fsp3) is 0.571. The molecule has 3 N–H and O–H groups in total. The van der Waals surface area contributed by atoms with Crippen molar-refractivity contribution in [3.8, 4) is 0 Å². The zero-order valence-electron chi connectivity index (χ0n) is 11.6. The molecule has 1 aromatic rings. The maximum atomic E-state index is 12.3. The van der Waals surface area contributed by atoms with Gasteiger partial charge in [0.05, 0.1) is 5.41 Å². The number of aromatic amines is 1. The van der Waals surface area contributed by atoms with E-state index in [-0.39, 0.29) is 17.2 Å². The van der Waals surface area contributed by atoms with Gasteiger partial charge in [0.2, 0.25) is 5.91 Å². The highest BCUT2D eigenvalue weighted by Gasteiger charge is 2.37. The Morgan fingerprint density at radius 1 is 1.30 bits per heavy atom. The Kier molecular flexibility index (Phi) is 4.86. The highest BCUT2D eigenvalue weighted by molar-refractivity contribution is 9.10. The predicted molar refractivity (Wildman–Crippen MR) is 79.9 cm³/mol. The average Bonchev–Trinajstić information content (AvgIpc) is 2.91. The van der Waals surface area contributed by atoms with Crippen molar-refractivity contribution in [1.29, 1.82) is 0 Å². The maximum Gasteiger partial charge on any atom is 0.286 e. The van der Waals surface area contributed by atoms with E-state index in [0.717, 1.165) is 36.6 Å². The first-order chi connectivity index (χ1) is 9.57. The minimum absolute atomic E-state index is 0.0707. The van der Waals surface area contributed by atoms with Gasteiger partial charge in [-0.05, 0) is 41.3 Å². The molecule has 0 aromatic carbocycles. The number of hydrazine groups is 1. The molecular weight excluding hydrogens is 322 g/mol. The Morgan fingerprint density at radius 3 is 2.55 bits per heavy atom. The van der Waals surface area contributed by atoms with Gasteiger partial charge in [-0.25, -0.2) is 0 Å². The monoisotopic (exact) mass is 341 g/mol. The molecule has 0 unspecified atom stereocenters. The van der Waals surface area contributed by atoms with Crippen molar-refractivity contribution >= 4 is 27.7 Å². The van der Waals surface area contributed by atoms with E-state index in [2.05, 4.69) is 31.8 Å². The Morgan fingerprint density at radius 2 is 2.00 bits per heavy atom. The minimum Gasteiger partial charge on any atom is -0.356 e. The predicted octanol–water partition coefficient (Wildman–Crippen LogP) is 2.90. The Labute approximate surface area is 127 Å². The van der Waals surface area contributed by atoms with Crippen molar-refractivity contribution in [2.75, 3.05) is 0 Å². The van der Waals surface area contributed by atoms with Crippen LogP contribution in [0.1, 0.15) is 55.9 Å². The molecule has 2 amide bonds. The largest absolute Gasteiger partial charge is 0.356 e. The topological polar surface area (TPSA) is 74.0 Å². The van der Waals surface area contributed by atoms with Crippen LogP contribution in [0, 0.1) is 5.41 Å². The van der Waals surface area contributed by atoms with Gasteiger partial charge in [-0.2, -0.15) is 0 Å². The molecule has 2 rings (SSSR count). The standard InChI is InChI=1S/C14H20BrN3O2/c1-2-14(6-4-3-5-7-14)13(20)18-17-12(19)11-8-10(15)9-16-11/h8-9,16H,2-7H2,1H3,(H,17,19)(H,18,20). The van der Waals surface area contributed by atoms with E-state index in [1.807, 2.05) is 6.92 Å². The number of nitrogens with one attached hydrogen (secondary N) is 3. The second-order valence-corrected chi connectivity index (χ2v) is 6.25. The summed E-state index contributed by atoms with van der Waals surface area (Å²) in [5, 5.41) is 0. The molecular formula is C14H20BrN3O2. The molecule has 1 aromatic heterocycles. The number of aromatic nitrogens is 1. The summed E-state index contributed by atoms with van der Waals surface area (Å²) in [7, 11) is 0. The van der Waals surface area contributed by atoms with Crippen LogP contribution in [-0.2, 0) is 4.79 Å². The number of halogens is 1. The lowest BCUT2D eigenvalue weighted by molar-refractivity contribution is -0.134. The van der Waals surface area contributed by atoms with Gasteiger partial charge in [-0.15, -0.1) is 0 Å². The number of H-pyrrole nitrogens is 1. The van der Waals surface area contributed by atoms with E-state index < -0.39 is 0 Å². The summed E-state index contributed by atoms with van der Waals surface area (Å²) in [4.78, 5) is 27.0. The van der Waals surface area contributed by atoms with E-state index in [0.29, 0.717) is 5.69 Å². The molecule has 5 nitrogen and oxygen atoms in total. The van der Waals surface area contributed by atoms with Crippen LogP contribution >= 0.6 is 15.9 Å². The molecule has 6 heteroatoms. The van der Waals surface area contributed by atoms with E-state index >= 15 is 0 Å². The third-order valence-electron chi connectivity index (χ3n) is 4.15. The highest BCUT2D eigenvalue weighted by atomic mass is 79.9. The summed E-state index contributed by atoms with van der Waals surface area (Å²) in [6.45, 7) is 2.04. The van der Waals surface area contributed by atoms with Crippen molar-refractivity contribution in [3.63, 3.8) is 0 Å². The molecule has 0 spiro atoms. The SMILES string of the molecule is CCC1(C(=O)NNC(=O)c2cc(Br)c[nH]2)CCCCC1. The number of carbonyl (C=O) groups is 2. The maximum absolute atomic E-state index is 12.3. The number of rotatable bonds is 3. The van der Waals surface area contributed by atoms with Crippen LogP contribution in [0.5, 0.6) is 0 Å². The highest BCUT2D eigenvalue weighted by Crippen LogP contribution is 2.39. The first-order valence-electron chi connectivity index (χ1n) is 7.02. The molecule has 1 aliphatic carbocycles. The summed E-state index contributed by atoms with van der Waals surface area (Å²) in [5.74, 6) is -0.412. The van der Waals surface area contributed by atoms with Crippen LogP contribution in [-0.4, -0.2) is 16.8 Å². The van der Waals surface area contributed by atoms with Gasteiger partial charge >= 0.3 is 0 Å².